The lowest BCUT2D eigenvalue weighted by Gasteiger charge is -2.22. The Morgan fingerprint density at radius 2 is 1.65 bits per heavy atom. The fourth-order valence-electron chi connectivity index (χ4n) is 1.28. The van der Waals surface area contributed by atoms with Crippen molar-refractivity contribution in [3.63, 3.8) is 0 Å². The van der Waals surface area contributed by atoms with E-state index in [1.165, 1.54) is 0 Å². The number of halogens is 1. The van der Waals surface area contributed by atoms with Crippen molar-refractivity contribution in [1.82, 2.24) is 4.72 Å². The molecule has 5 nitrogen and oxygen atoms in total. The van der Waals surface area contributed by atoms with E-state index in [1.54, 1.807) is 0 Å². The topological polar surface area (TPSA) is 80.3 Å². The first-order valence-corrected chi connectivity index (χ1v) is 9.73. The van der Waals surface area contributed by atoms with Crippen molar-refractivity contribution in [3.05, 3.63) is 0 Å². The molecule has 104 valence electrons. The van der Waals surface area contributed by atoms with E-state index in [9.17, 15) is 16.8 Å². The first-order chi connectivity index (χ1) is 7.31. The zero-order chi connectivity index (χ0) is 13.9. The van der Waals surface area contributed by atoms with Gasteiger partial charge in [-0.3, -0.25) is 0 Å². The molecule has 8 heteroatoms. The second-order valence-electron chi connectivity index (χ2n) is 5.37. The molecule has 1 atom stereocenters. The quantitative estimate of drug-likeness (QED) is 0.728. The molecule has 0 aliphatic heterocycles. The van der Waals surface area contributed by atoms with E-state index in [4.69, 9.17) is 0 Å². The molecule has 0 saturated carbocycles. The lowest BCUT2D eigenvalue weighted by Crippen LogP contribution is -2.34. The predicted octanol–water partition coefficient (Wildman–Crippen LogP) is 1.11. The minimum Gasteiger partial charge on any atom is -0.228 e. The maximum Gasteiger partial charge on any atom is 0.226 e. The average Bonchev–Trinajstić information content (AvgIpc) is 1.92. The van der Waals surface area contributed by atoms with Gasteiger partial charge in [0.2, 0.25) is 10.0 Å². The molecular formula is C9H20BrNO4S2. The van der Waals surface area contributed by atoms with Crippen LogP contribution in [-0.2, 0) is 19.9 Å². The van der Waals surface area contributed by atoms with Crippen molar-refractivity contribution in [2.24, 2.45) is 5.41 Å². The SMILES string of the molecule is CC(C)(C)CC(Br)CNS(=O)(=O)CS(C)(=O)=O. The Bertz CT molecular complexity index is 436. The van der Waals surface area contributed by atoms with Gasteiger partial charge in [0.05, 0.1) is 0 Å². The highest BCUT2D eigenvalue weighted by Crippen LogP contribution is 2.24. The summed E-state index contributed by atoms with van der Waals surface area (Å²) < 4.78 is 46.9. The number of rotatable bonds is 6. The van der Waals surface area contributed by atoms with E-state index >= 15 is 0 Å². The third-order valence-corrected chi connectivity index (χ3v) is 5.94. The number of hydrogen-bond acceptors (Lipinski definition) is 4. The van der Waals surface area contributed by atoms with Crippen LogP contribution in [0.4, 0.5) is 0 Å². The number of hydrogen-bond donors (Lipinski definition) is 1. The van der Waals surface area contributed by atoms with Gasteiger partial charge in [0, 0.05) is 17.6 Å². The minimum absolute atomic E-state index is 0.0168. The first kappa shape index (κ1) is 17.3. The molecule has 0 bridgehead atoms. The molecule has 1 unspecified atom stereocenters. The monoisotopic (exact) mass is 349 g/mol. The fourth-order valence-corrected chi connectivity index (χ4v) is 5.67. The van der Waals surface area contributed by atoms with Gasteiger partial charge >= 0.3 is 0 Å². The van der Waals surface area contributed by atoms with Crippen LogP contribution >= 0.6 is 15.9 Å². The standard InChI is InChI=1S/C9H20BrNO4S2/c1-9(2,3)5-8(10)6-11-17(14,15)7-16(4,12)13/h8,11H,5-7H2,1-4H3. The van der Waals surface area contributed by atoms with Crippen LogP contribution in [0.3, 0.4) is 0 Å². The summed E-state index contributed by atoms with van der Waals surface area (Å²) in [5, 5.41) is -0.866. The van der Waals surface area contributed by atoms with E-state index in [1.807, 2.05) is 20.8 Å². The van der Waals surface area contributed by atoms with Crippen LogP contribution in [0.5, 0.6) is 0 Å². The summed E-state index contributed by atoms with van der Waals surface area (Å²) in [5.74, 6) is 0. The van der Waals surface area contributed by atoms with E-state index < -0.39 is 24.9 Å². The van der Waals surface area contributed by atoms with Crippen LogP contribution in [0.15, 0.2) is 0 Å². The van der Waals surface area contributed by atoms with Crippen molar-refractivity contribution >= 4 is 35.8 Å². The summed E-state index contributed by atoms with van der Waals surface area (Å²) >= 11 is 3.37. The largest absolute Gasteiger partial charge is 0.228 e. The highest BCUT2D eigenvalue weighted by molar-refractivity contribution is 9.09. The Hall–Kier alpha value is 0.340. The molecule has 0 amide bonds. The molecule has 0 aromatic carbocycles. The van der Waals surface area contributed by atoms with Gasteiger partial charge in [0.25, 0.3) is 0 Å². The molecule has 17 heavy (non-hydrogen) atoms. The van der Waals surface area contributed by atoms with Gasteiger partial charge in [-0.2, -0.15) is 0 Å². The Morgan fingerprint density at radius 3 is 2.00 bits per heavy atom. The lowest BCUT2D eigenvalue weighted by atomic mass is 9.91. The highest BCUT2D eigenvalue weighted by Gasteiger charge is 2.21. The second kappa shape index (κ2) is 5.99. The maximum absolute atomic E-state index is 11.4. The molecule has 0 fully saturated rings. The van der Waals surface area contributed by atoms with Crippen molar-refractivity contribution < 1.29 is 16.8 Å². The van der Waals surface area contributed by atoms with Crippen LogP contribution < -0.4 is 4.72 Å². The molecule has 0 rings (SSSR count). The summed E-state index contributed by atoms with van der Waals surface area (Å²) in [6, 6.07) is 0. The highest BCUT2D eigenvalue weighted by atomic mass is 79.9. The minimum atomic E-state index is -3.76. The fraction of sp³-hybridized carbons (Fsp3) is 1.00. The maximum atomic E-state index is 11.4. The summed E-state index contributed by atoms with van der Waals surface area (Å²) in [5.41, 5.74) is 0.0798. The van der Waals surface area contributed by atoms with E-state index in [-0.39, 0.29) is 16.8 Å². The van der Waals surface area contributed by atoms with Gasteiger partial charge in [-0.15, -0.1) is 0 Å². The molecule has 0 spiro atoms. The van der Waals surface area contributed by atoms with Crippen molar-refractivity contribution in [2.45, 2.75) is 32.0 Å². The molecule has 0 heterocycles. The Balaban J connectivity index is 4.30. The van der Waals surface area contributed by atoms with Gasteiger partial charge < -0.3 is 0 Å². The van der Waals surface area contributed by atoms with Crippen LogP contribution in [-0.4, -0.2) is 39.5 Å². The number of sulfonamides is 1. The molecule has 0 saturated heterocycles. The van der Waals surface area contributed by atoms with E-state index in [2.05, 4.69) is 20.7 Å². The first-order valence-electron chi connectivity index (χ1n) is 5.10. The van der Waals surface area contributed by atoms with Gasteiger partial charge in [-0.1, -0.05) is 36.7 Å². The van der Waals surface area contributed by atoms with Crippen molar-refractivity contribution in [2.75, 3.05) is 17.9 Å². The molecule has 0 aromatic rings. The van der Waals surface area contributed by atoms with Crippen LogP contribution in [0.25, 0.3) is 0 Å². The molecule has 0 aromatic heterocycles. The number of alkyl halides is 1. The molecule has 1 N–H and O–H groups in total. The van der Waals surface area contributed by atoms with E-state index in [0.29, 0.717) is 0 Å². The lowest BCUT2D eigenvalue weighted by molar-refractivity contribution is 0.373. The Kier molecular flexibility index (Phi) is 6.11. The van der Waals surface area contributed by atoms with Crippen molar-refractivity contribution in [3.8, 4) is 0 Å². The smallest absolute Gasteiger partial charge is 0.226 e. The summed E-state index contributed by atoms with van der Waals surface area (Å²) in [6.07, 6.45) is 1.68. The molecule has 0 aliphatic carbocycles. The normalized spacial score (nSPS) is 15.8. The predicted molar refractivity (Wildman–Crippen MR) is 73.4 cm³/mol. The van der Waals surface area contributed by atoms with Gasteiger partial charge in [0.1, 0.15) is 0 Å². The number of sulfone groups is 1. The average molecular weight is 350 g/mol. The van der Waals surface area contributed by atoms with Gasteiger partial charge in [-0.25, -0.2) is 21.6 Å². The van der Waals surface area contributed by atoms with Crippen molar-refractivity contribution in [1.29, 1.82) is 0 Å². The summed E-state index contributed by atoms with van der Waals surface area (Å²) in [7, 11) is -7.29. The zero-order valence-corrected chi connectivity index (χ0v) is 13.7. The third kappa shape index (κ3) is 11.2. The van der Waals surface area contributed by atoms with Crippen LogP contribution in [0.1, 0.15) is 27.2 Å². The molecule has 0 aliphatic rings. The van der Waals surface area contributed by atoms with Gasteiger partial charge in [0.15, 0.2) is 14.9 Å². The Morgan fingerprint density at radius 1 is 1.18 bits per heavy atom. The van der Waals surface area contributed by atoms with Gasteiger partial charge in [-0.05, 0) is 11.8 Å². The summed E-state index contributed by atoms with van der Waals surface area (Å²) in [4.78, 5) is -0.0168. The summed E-state index contributed by atoms with van der Waals surface area (Å²) in [6.45, 7) is 6.33. The Labute approximate surface area is 112 Å². The van der Waals surface area contributed by atoms with E-state index in [0.717, 1.165) is 12.7 Å². The van der Waals surface area contributed by atoms with Crippen LogP contribution in [0.2, 0.25) is 0 Å². The third-order valence-electron chi connectivity index (χ3n) is 1.73. The zero-order valence-electron chi connectivity index (χ0n) is 10.5. The van der Waals surface area contributed by atoms with Crippen LogP contribution in [0, 0.1) is 5.41 Å². The second-order valence-corrected chi connectivity index (χ2v) is 11.0. The molecular weight excluding hydrogens is 330 g/mol. The molecule has 0 radical (unpaired) electrons. The number of nitrogens with one attached hydrogen (secondary N) is 1.